The predicted octanol–water partition coefficient (Wildman–Crippen LogP) is 3.28. The molecule has 1 saturated carbocycles. The van der Waals surface area contributed by atoms with Crippen LogP contribution in [0.4, 0.5) is 10.1 Å². The highest BCUT2D eigenvalue weighted by Crippen LogP contribution is 2.31. The fourth-order valence-corrected chi connectivity index (χ4v) is 5.01. The predicted molar refractivity (Wildman–Crippen MR) is 102 cm³/mol. The molecule has 2 aliphatic rings. The first kappa shape index (κ1) is 19.9. The summed E-state index contributed by atoms with van der Waals surface area (Å²) in [6.45, 7) is 1.47. The maximum Gasteiger partial charge on any atom is 0.264 e. The first-order valence-corrected chi connectivity index (χ1v) is 11.2. The molecule has 1 aromatic rings. The molecule has 0 radical (unpaired) electrons. The van der Waals surface area contributed by atoms with Gasteiger partial charge < -0.3 is 4.90 Å². The smallest absolute Gasteiger partial charge is 0.264 e. The first-order valence-electron chi connectivity index (χ1n) is 9.05. The van der Waals surface area contributed by atoms with Crippen molar-refractivity contribution in [2.75, 3.05) is 31.3 Å². The third-order valence-electron chi connectivity index (χ3n) is 5.48. The second-order valence-corrected chi connectivity index (χ2v) is 9.38. The van der Waals surface area contributed by atoms with Crippen molar-refractivity contribution in [1.29, 1.82) is 0 Å². The SMILES string of the molecule is CN([C@@H]1CCN(c2ccc(Cl)cc2F)C1)[C@@H]1CCCC[C@H]1OS(C)(=O)=O. The van der Waals surface area contributed by atoms with Gasteiger partial charge in [0.2, 0.25) is 0 Å². The van der Waals surface area contributed by atoms with E-state index in [9.17, 15) is 12.8 Å². The maximum atomic E-state index is 14.2. The van der Waals surface area contributed by atoms with E-state index in [0.29, 0.717) is 17.3 Å². The van der Waals surface area contributed by atoms with Crippen LogP contribution in [0.25, 0.3) is 0 Å². The van der Waals surface area contributed by atoms with Crippen molar-refractivity contribution >= 4 is 27.4 Å². The number of nitrogens with zero attached hydrogens (tertiary/aromatic N) is 2. The van der Waals surface area contributed by atoms with Gasteiger partial charge in [0.15, 0.2) is 0 Å². The molecule has 1 aliphatic carbocycles. The summed E-state index contributed by atoms with van der Waals surface area (Å²) in [6, 6.07) is 5.06. The van der Waals surface area contributed by atoms with Crippen molar-refractivity contribution in [1.82, 2.24) is 4.90 Å². The highest BCUT2D eigenvalue weighted by atomic mass is 35.5. The normalized spacial score (nSPS) is 27.3. The number of anilines is 1. The van der Waals surface area contributed by atoms with Gasteiger partial charge in [-0.15, -0.1) is 0 Å². The molecule has 1 aromatic carbocycles. The Bertz CT molecular complexity index is 746. The van der Waals surface area contributed by atoms with Crippen LogP contribution in [-0.4, -0.2) is 57.9 Å². The van der Waals surface area contributed by atoms with Crippen LogP contribution < -0.4 is 4.90 Å². The average molecular weight is 405 g/mol. The second kappa shape index (κ2) is 8.00. The van der Waals surface area contributed by atoms with Crippen molar-refractivity contribution in [3.05, 3.63) is 29.0 Å². The third-order valence-corrected chi connectivity index (χ3v) is 6.31. The summed E-state index contributed by atoms with van der Waals surface area (Å²) in [6.07, 6.45) is 5.44. The van der Waals surface area contributed by atoms with E-state index in [1.165, 1.54) is 6.07 Å². The Morgan fingerprint density at radius 2 is 2.00 bits per heavy atom. The van der Waals surface area contributed by atoms with Gasteiger partial charge in [0.25, 0.3) is 10.1 Å². The molecule has 1 heterocycles. The van der Waals surface area contributed by atoms with Crippen molar-refractivity contribution in [2.45, 2.75) is 50.3 Å². The van der Waals surface area contributed by atoms with Crippen molar-refractivity contribution < 1.29 is 17.0 Å². The van der Waals surface area contributed by atoms with E-state index in [2.05, 4.69) is 4.90 Å². The van der Waals surface area contributed by atoms with Gasteiger partial charge in [-0.3, -0.25) is 9.08 Å². The number of rotatable bonds is 5. The summed E-state index contributed by atoms with van der Waals surface area (Å²) in [7, 11) is -1.45. The molecule has 3 atom stereocenters. The molecule has 0 amide bonds. The lowest BCUT2D eigenvalue weighted by Gasteiger charge is -2.40. The minimum atomic E-state index is -3.48. The molecule has 0 aromatic heterocycles. The fraction of sp³-hybridized carbons (Fsp3) is 0.667. The molecule has 8 heteroatoms. The molecule has 1 aliphatic heterocycles. The molecule has 0 spiro atoms. The monoisotopic (exact) mass is 404 g/mol. The molecule has 0 bridgehead atoms. The van der Waals surface area contributed by atoms with E-state index >= 15 is 0 Å². The molecule has 3 rings (SSSR count). The highest BCUT2D eigenvalue weighted by Gasteiger charge is 2.37. The summed E-state index contributed by atoms with van der Waals surface area (Å²) < 4.78 is 42.7. The molecule has 0 N–H and O–H groups in total. The molecule has 26 heavy (non-hydrogen) atoms. The van der Waals surface area contributed by atoms with Crippen LogP contribution in [0.3, 0.4) is 0 Å². The van der Waals surface area contributed by atoms with Crippen LogP contribution in [0.1, 0.15) is 32.1 Å². The van der Waals surface area contributed by atoms with Crippen LogP contribution in [0.5, 0.6) is 0 Å². The van der Waals surface area contributed by atoms with Gasteiger partial charge >= 0.3 is 0 Å². The quantitative estimate of drug-likeness (QED) is 0.705. The van der Waals surface area contributed by atoms with E-state index in [0.717, 1.165) is 44.9 Å². The zero-order chi connectivity index (χ0) is 18.9. The average Bonchev–Trinajstić information content (AvgIpc) is 3.03. The van der Waals surface area contributed by atoms with Gasteiger partial charge in [-0.2, -0.15) is 8.42 Å². The summed E-state index contributed by atoms with van der Waals surface area (Å²) in [5.74, 6) is -0.309. The van der Waals surface area contributed by atoms with Gasteiger partial charge in [-0.05, 0) is 44.5 Å². The van der Waals surface area contributed by atoms with Crippen molar-refractivity contribution in [3.8, 4) is 0 Å². The highest BCUT2D eigenvalue weighted by molar-refractivity contribution is 7.86. The maximum absolute atomic E-state index is 14.2. The van der Waals surface area contributed by atoms with E-state index < -0.39 is 10.1 Å². The number of halogens is 2. The van der Waals surface area contributed by atoms with Crippen molar-refractivity contribution in [3.63, 3.8) is 0 Å². The number of hydrogen-bond donors (Lipinski definition) is 0. The number of likely N-dealkylation sites (N-methyl/N-ethyl adjacent to an activating group) is 1. The number of hydrogen-bond acceptors (Lipinski definition) is 5. The number of benzene rings is 1. The Hall–Kier alpha value is -0.890. The lowest BCUT2D eigenvalue weighted by atomic mass is 9.90. The molecular formula is C18H26ClFN2O3S. The molecule has 5 nitrogen and oxygen atoms in total. The zero-order valence-corrected chi connectivity index (χ0v) is 16.8. The van der Waals surface area contributed by atoms with Gasteiger partial charge in [-0.1, -0.05) is 24.4 Å². The van der Waals surface area contributed by atoms with Crippen LogP contribution in [0, 0.1) is 5.82 Å². The van der Waals surface area contributed by atoms with Gasteiger partial charge in [0.1, 0.15) is 5.82 Å². The summed E-state index contributed by atoms with van der Waals surface area (Å²) in [4.78, 5) is 4.27. The van der Waals surface area contributed by atoms with E-state index in [1.54, 1.807) is 12.1 Å². The summed E-state index contributed by atoms with van der Waals surface area (Å²) in [5, 5.41) is 0.391. The Labute approximate surface area is 160 Å². The largest absolute Gasteiger partial charge is 0.368 e. The molecule has 0 unspecified atom stereocenters. The van der Waals surface area contributed by atoms with E-state index in [4.69, 9.17) is 15.8 Å². The Kier molecular flexibility index (Phi) is 6.11. The fourth-order valence-electron chi connectivity index (χ4n) is 4.18. The third kappa shape index (κ3) is 4.68. The Balaban J connectivity index is 1.68. The molecular weight excluding hydrogens is 379 g/mol. The Morgan fingerprint density at radius 1 is 1.27 bits per heavy atom. The minimum Gasteiger partial charge on any atom is -0.368 e. The lowest BCUT2D eigenvalue weighted by molar-refractivity contribution is 0.0365. The van der Waals surface area contributed by atoms with Crippen LogP contribution >= 0.6 is 11.6 Å². The topological polar surface area (TPSA) is 49.9 Å². The van der Waals surface area contributed by atoms with Gasteiger partial charge in [0.05, 0.1) is 18.0 Å². The van der Waals surface area contributed by atoms with Crippen LogP contribution in [0.15, 0.2) is 18.2 Å². The van der Waals surface area contributed by atoms with E-state index in [1.807, 2.05) is 11.9 Å². The first-order chi connectivity index (χ1) is 12.2. The molecule has 146 valence electrons. The van der Waals surface area contributed by atoms with Gasteiger partial charge in [0, 0.05) is 30.2 Å². The standard InChI is InChI=1S/C18H26ClFN2O3S/c1-21(17-5-3-4-6-18(17)25-26(2,23)24)14-9-10-22(12-14)16-8-7-13(19)11-15(16)20/h7-8,11,14,17-18H,3-6,9-10,12H2,1-2H3/t14-,17-,18-/m1/s1. The Morgan fingerprint density at radius 3 is 2.69 bits per heavy atom. The summed E-state index contributed by atoms with van der Waals surface area (Å²) >= 11 is 5.84. The van der Waals surface area contributed by atoms with Crippen LogP contribution in [0.2, 0.25) is 5.02 Å². The van der Waals surface area contributed by atoms with Crippen molar-refractivity contribution in [2.24, 2.45) is 0 Å². The zero-order valence-electron chi connectivity index (χ0n) is 15.2. The molecule has 2 fully saturated rings. The minimum absolute atomic E-state index is 0.0680. The van der Waals surface area contributed by atoms with Gasteiger partial charge in [-0.25, -0.2) is 4.39 Å². The second-order valence-electron chi connectivity index (χ2n) is 7.34. The van der Waals surface area contributed by atoms with Crippen LogP contribution in [-0.2, 0) is 14.3 Å². The summed E-state index contributed by atoms with van der Waals surface area (Å²) in [5.41, 5.74) is 0.567. The molecule has 1 saturated heterocycles. The lowest BCUT2D eigenvalue weighted by Crippen LogP contribution is -2.50. The van der Waals surface area contributed by atoms with E-state index in [-0.39, 0.29) is 24.0 Å².